The van der Waals surface area contributed by atoms with Gasteiger partial charge in [0.15, 0.2) is 0 Å². The van der Waals surface area contributed by atoms with Crippen molar-refractivity contribution in [2.75, 3.05) is 0 Å². The standard InChI is InChI=1S/C10H9ClO4/c1-7(12)10(11,14)15-9(13)8-5-3-2-4-6-8/h2-6,14H,1H3. The van der Waals surface area contributed by atoms with Gasteiger partial charge in [0.25, 0.3) is 0 Å². The number of Topliss-reactive ketones (excluding diaryl/α,β-unsaturated/α-hetero) is 1. The molecule has 0 saturated carbocycles. The largest absolute Gasteiger partial charge is 0.408 e. The predicted octanol–water partition coefficient (Wildman–Crippen LogP) is 1.32. The highest BCUT2D eigenvalue weighted by Gasteiger charge is 2.34. The molecule has 0 saturated heterocycles. The van der Waals surface area contributed by atoms with Crippen LogP contribution in [0.4, 0.5) is 0 Å². The lowest BCUT2D eigenvalue weighted by Gasteiger charge is -2.17. The molecule has 0 spiro atoms. The highest BCUT2D eigenvalue weighted by atomic mass is 35.5. The molecule has 1 N–H and O–H groups in total. The maximum Gasteiger partial charge on any atom is 0.352 e. The van der Waals surface area contributed by atoms with E-state index in [0.29, 0.717) is 0 Å². The number of carbonyl (C=O) groups excluding carboxylic acids is 2. The predicted molar refractivity (Wildman–Crippen MR) is 53.3 cm³/mol. The quantitative estimate of drug-likeness (QED) is 0.481. The Hall–Kier alpha value is -1.39. The fourth-order valence-electron chi connectivity index (χ4n) is 0.828. The van der Waals surface area contributed by atoms with Gasteiger partial charge in [-0.15, -0.1) is 0 Å². The fourth-order valence-corrected chi connectivity index (χ4v) is 0.898. The second kappa shape index (κ2) is 4.42. The molecule has 0 aliphatic carbocycles. The number of ether oxygens (including phenoxy) is 1. The Kier molecular flexibility index (Phi) is 3.44. The van der Waals surface area contributed by atoms with Crippen LogP contribution in [0.15, 0.2) is 30.3 Å². The molecule has 0 aromatic heterocycles. The first kappa shape index (κ1) is 11.7. The third-order valence-electron chi connectivity index (χ3n) is 1.67. The SMILES string of the molecule is CC(=O)C(O)(Cl)OC(=O)c1ccccc1. The molecule has 1 aromatic carbocycles. The summed E-state index contributed by atoms with van der Waals surface area (Å²) in [6, 6.07) is 7.93. The van der Waals surface area contributed by atoms with Crippen LogP contribution in [0.25, 0.3) is 0 Å². The van der Waals surface area contributed by atoms with Crippen molar-refractivity contribution in [3.8, 4) is 0 Å². The van der Waals surface area contributed by atoms with Crippen LogP contribution in [-0.4, -0.2) is 22.1 Å². The van der Waals surface area contributed by atoms with Gasteiger partial charge in [-0.1, -0.05) is 18.2 Å². The lowest BCUT2D eigenvalue weighted by atomic mass is 10.2. The van der Waals surface area contributed by atoms with Crippen molar-refractivity contribution in [2.24, 2.45) is 0 Å². The fraction of sp³-hybridized carbons (Fsp3) is 0.200. The van der Waals surface area contributed by atoms with E-state index in [9.17, 15) is 14.7 Å². The Morgan fingerprint density at radius 1 is 1.33 bits per heavy atom. The molecule has 0 fully saturated rings. The zero-order valence-corrected chi connectivity index (χ0v) is 8.69. The van der Waals surface area contributed by atoms with Crippen molar-refractivity contribution in [3.63, 3.8) is 0 Å². The molecule has 4 nitrogen and oxygen atoms in total. The van der Waals surface area contributed by atoms with Crippen molar-refractivity contribution in [2.45, 2.75) is 12.2 Å². The third kappa shape index (κ3) is 3.04. The van der Waals surface area contributed by atoms with Crippen LogP contribution in [0.3, 0.4) is 0 Å². The Morgan fingerprint density at radius 2 is 1.87 bits per heavy atom. The number of carbonyl (C=O) groups is 2. The molecule has 0 heterocycles. The molecule has 80 valence electrons. The number of alkyl halides is 1. The summed E-state index contributed by atoms with van der Waals surface area (Å²) >= 11 is 5.28. The van der Waals surface area contributed by atoms with Gasteiger partial charge in [-0.25, -0.2) is 4.79 Å². The van der Waals surface area contributed by atoms with Crippen LogP contribution < -0.4 is 0 Å². The van der Waals surface area contributed by atoms with Crippen LogP contribution in [0.5, 0.6) is 0 Å². The maximum absolute atomic E-state index is 11.3. The number of halogens is 1. The van der Waals surface area contributed by atoms with E-state index in [0.717, 1.165) is 6.92 Å². The van der Waals surface area contributed by atoms with Gasteiger partial charge in [-0.2, -0.15) is 0 Å². The van der Waals surface area contributed by atoms with Gasteiger partial charge in [-0.3, -0.25) is 4.79 Å². The second-order valence-electron chi connectivity index (χ2n) is 2.87. The molecule has 0 amide bonds. The van der Waals surface area contributed by atoms with E-state index in [1.54, 1.807) is 18.2 Å². The molecule has 0 bridgehead atoms. The Balaban J connectivity index is 2.77. The molecular formula is C10H9ClO4. The molecule has 1 aromatic rings. The highest BCUT2D eigenvalue weighted by molar-refractivity contribution is 6.32. The van der Waals surface area contributed by atoms with Crippen LogP contribution in [-0.2, 0) is 9.53 Å². The van der Waals surface area contributed by atoms with Crippen molar-refractivity contribution >= 4 is 23.4 Å². The molecular weight excluding hydrogens is 220 g/mol. The topological polar surface area (TPSA) is 63.6 Å². The maximum atomic E-state index is 11.3. The van der Waals surface area contributed by atoms with E-state index in [1.165, 1.54) is 12.1 Å². The number of aliphatic hydroxyl groups is 1. The summed E-state index contributed by atoms with van der Waals surface area (Å²) in [6.07, 6.45) is 0. The molecule has 0 aliphatic heterocycles. The normalized spacial score (nSPS) is 14.1. The summed E-state index contributed by atoms with van der Waals surface area (Å²) < 4.78 is 4.42. The molecule has 15 heavy (non-hydrogen) atoms. The van der Waals surface area contributed by atoms with Gasteiger partial charge in [0.2, 0.25) is 5.78 Å². The summed E-state index contributed by atoms with van der Waals surface area (Å²) in [4.78, 5) is 22.1. The van der Waals surface area contributed by atoms with Gasteiger partial charge >= 0.3 is 11.2 Å². The highest BCUT2D eigenvalue weighted by Crippen LogP contribution is 2.16. The van der Waals surface area contributed by atoms with Crippen molar-refractivity contribution < 1.29 is 19.4 Å². The van der Waals surface area contributed by atoms with E-state index in [4.69, 9.17) is 11.6 Å². The van der Waals surface area contributed by atoms with Gasteiger partial charge in [0.1, 0.15) is 0 Å². The number of hydrogen-bond acceptors (Lipinski definition) is 4. The van der Waals surface area contributed by atoms with Crippen molar-refractivity contribution in [1.29, 1.82) is 0 Å². The molecule has 1 unspecified atom stereocenters. The first-order valence-electron chi connectivity index (χ1n) is 4.14. The minimum Gasteiger partial charge on any atom is -0.408 e. The van der Waals surface area contributed by atoms with Crippen molar-refractivity contribution in [1.82, 2.24) is 0 Å². The van der Waals surface area contributed by atoms with Gasteiger partial charge in [-0.05, 0) is 23.7 Å². The average Bonchev–Trinajstić information content (AvgIpc) is 2.18. The Labute approximate surface area is 91.4 Å². The summed E-state index contributed by atoms with van der Waals surface area (Å²) in [6.45, 7) is 1.02. The smallest absolute Gasteiger partial charge is 0.352 e. The third-order valence-corrected chi connectivity index (χ3v) is 2.01. The molecule has 1 rings (SSSR count). The van der Waals surface area contributed by atoms with E-state index in [-0.39, 0.29) is 5.56 Å². The van der Waals surface area contributed by atoms with E-state index < -0.39 is 17.0 Å². The minimum atomic E-state index is -2.59. The monoisotopic (exact) mass is 228 g/mol. The number of ketones is 1. The zero-order valence-electron chi connectivity index (χ0n) is 7.94. The average molecular weight is 229 g/mol. The molecule has 5 heteroatoms. The number of rotatable bonds is 3. The molecule has 1 atom stereocenters. The van der Waals surface area contributed by atoms with Gasteiger partial charge < -0.3 is 9.84 Å². The Morgan fingerprint density at radius 3 is 2.33 bits per heavy atom. The second-order valence-corrected chi connectivity index (χ2v) is 3.39. The van der Waals surface area contributed by atoms with Gasteiger partial charge in [0.05, 0.1) is 5.56 Å². The number of esters is 1. The first-order valence-corrected chi connectivity index (χ1v) is 4.52. The van der Waals surface area contributed by atoms with Crippen LogP contribution in [0, 0.1) is 0 Å². The summed E-state index contributed by atoms with van der Waals surface area (Å²) in [5, 5.41) is 6.61. The van der Waals surface area contributed by atoms with Gasteiger partial charge in [0, 0.05) is 6.92 Å². The minimum absolute atomic E-state index is 0.206. The lowest BCUT2D eigenvalue weighted by Crippen LogP contribution is -2.35. The van der Waals surface area contributed by atoms with Crippen molar-refractivity contribution in [3.05, 3.63) is 35.9 Å². The molecule has 0 aliphatic rings. The zero-order chi connectivity index (χ0) is 11.5. The summed E-state index contributed by atoms with van der Waals surface area (Å²) in [7, 11) is 0. The molecule has 0 radical (unpaired) electrons. The van der Waals surface area contributed by atoms with E-state index in [2.05, 4.69) is 4.74 Å². The van der Waals surface area contributed by atoms with E-state index in [1.807, 2.05) is 0 Å². The first-order chi connectivity index (χ1) is 6.93. The van der Waals surface area contributed by atoms with Crippen LogP contribution in [0.1, 0.15) is 17.3 Å². The van der Waals surface area contributed by atoms with Crippen LogP contribution >= 0.6 is 11.6 Å². The van der Waals surface area contributed by atoms with E-state index >= 15 is 0 Å². The lowest BCUT2D eigenvalue weighted by molar-refractivity contribution is -0.154. The van der Waals surface area contributed by atoms with Crippen LogP contribution in [0.2, 0.25) is 0 Å². The Bertz CT molecular complexity index is 372. The summed E-state index contributed by atoms with van der Waals surface area (Å²) in [5.74, 6) is -1.71. The number of benzene rings is 1. The number of hydrogen-bond donors (Lipinski definition) is 1. The summed E-state index contributed by atoms with van der Waals surface area (Å²) in [5.41, 5.74) is 0.206.